The lowest BCUT2D eigenvalue weighted by Gasteiger charge is -2.39. The maximum Gasteiger partial charge on any atom is 0.199 e. The van der Waals surface area contributed by atoms with Gasteiger partial charge in [-0.25, -0.2) is 0 Å². The van der Waals surface area contributed by atoms with Crippen molar-refractivity contribution in [3.8, 4) is 0 Å². The highest BCUT2D eigenvalue weighted by Crippen LogP contribution is 2.35. The predicted octanol–water partition coefficient (Wildman–Crippen LogP) is 2.12. The highest BCUT2D eigenvalue weighted by molar-refractivity contribution is 6.18. The lowest BCUT2D eigenvalue weighted by Crippen LogP contribution is -2.44. The van der Waals surface area contributed by atoms with E-state index in [4.69, 9.17) is 11.6 Å². The number of hydrogen-bond acceptors (Lipinski definition) is 5. The van der Waals surface area contributed by atoms with Gasteiger partial charge >= 0.3 is 0 Å². The Bertz CT molecular complexity index is 560. The van der Waals surface area contributed by atoms with Crippen molar-refractivity contribution in [1.29, 1.82) is 0 Å². The van der Waals surface area contributed by atoms with Crippen LogP contribution in [0.15, 0.2) is 12.4 Å². The molecule has 0 aromatic carbocycles. The molecular formula is C12H17ClN6. The molecule has 2 heterocycles. The maximum absolute atomic E-state index is 6.22. The molecule has 102 valence electrons. The lowest BCUT2D eigenvalue weighted by molar-refractivity contribution is 0.286. The number of nitrogens with one attached hydrogen (secondary N) is 1. The van der Waals surface area contributed by atoms with Crippen molar-refractivity contribution in [2.24, 2.45) is 5.92 Å². The number of fused-ring (bicyclic) bond motifs is 1. The van der Waals surface area contributed by atoms with Crippen molar-refractivity contribution in [2.75, 3.05) is 11.2 Å². The van der Waals surface area contributed by atoms with Crippen molar-refractivity contribution in [3.05, 3.63) is 12.4 Å². The third kappa shape index (κ3) is 2.36. The molecule has 6 nitrogen and oxygen atoms in total. The first-order valence-electron chi connectivity index (χ1n) is 6.59. The Kier molecular flexibility index (Phi) is 3.26. The van der Waals surface area contributed by atoms with Gasteiger partial charge in [-0.3, -0.25) is 4.98 Å². The molecule has 0 aliphatic heterocycles. The number of rotatable bonds is 3. The number of tetrazole rings is 1. The molecule has 7 heteroatoms. The second kappa shape index (κ2) is 4.92. The van der Waals surface area contributed by atoms with Gasteiger partial charge in [-0.15, -0.1) is 16.7 Å². The zero-order valence-electron chi connectivity index (χ0n) is 10.9. The van der Waals surface area contributed by atoms with E-state index in [0.717, 1.165) is 24.6 Å². The second-order valence-electron chi connectivity index (χ2n) is 5.46. The highest BCUT2D eigenvalue weighted by atomic mass is 35.5. The lowest BCUT2D eigenvalue weighted by atomic mass is 9.78. The van der Waals surface area contributed by atoms with Gasteiger partial charge in [-0.1, -0.05) is 6.92 Å². The molecule has 1 N–H and O–H groups in total. The molecule has 1 saturated carbocycles. The molecule has 1 aliphatic rings. The van der Waals surface area contributed by atoms with Gasteiger partial charge in [0, 0.05) is 5.88 Å². The number of anilines is 1. The molecule has 0 atom stereocenters. The predicted molar refractivity (Wildman–Crippen MR) is 73.3 cm³/mol. The summed E-state index contributed by atoms with van der Waals surface area (Å²) in [4.78, 5) is 4.16. The van der Waals surface area contributed by atoms with Gasteiger partial charge in [-0.05, 0) is 42.0 Å². The fourth-order valence-corrected chi connectivity index (χ4v) is 2.97. The molecule has 0 amide bonds. The van der Waals surface area contributed by atoms with Crippen LogP contribution < -0.4 is 5.32 Å². The minimum absolute atomic E-state index is 0.0734. The second-order valence-corrected chi connectivity index (χ2v) is 5.73. The number of aromatic nitrogens is 5. The maximum atomic E-state index is 6.22. The van der Waals surface area contributed by atoms with Crippen LogP contribution in [0.3, 0.4) is 0 Å². The Labute approximate surface area is 116 Å². The molecule has 0 unspecified atom stereocenters. The van der Waals surface area contributed by atoms with Gasteiger partial charge in [0.05, 0.1) is 17.9 Å². The Morgan fingerprint density at radius 1 is 1.42 bits per heavy atom. The molecule has 1 aliphatic carbocycles. The number of hydrogen-bond donors (Lipinski definition) is 1. The first kappa shape index (κ1) is 12.6. The van der Waals surface area contributed by atoms with Crippen molar-refractivity contribution in [1.82, 2.24) is 25.0 Å². The summed E-state index contributed by atoms with van der Waals surface area (Å²) in [6, 6.07) is 0. The smallest absolute Gasteiger partial charge is 0.199 e. The summed E-state index contributed by atoms with van der Waals surface area (Å²) in [6.45, 7) is 2.29. The molecule has 19 heavy (non-hydrogen) atoms. The normalized spacial score (nSPS) is 27.6. The van der Waals surface area contributed by atoms with Crippen molar-refractivity contribution in [2.45, 2.75) is 38.1 Å². The van der Waals surface area contributed by atoms with Crippen LogP contribution in [0.4, 0.5) is 5.82 Å². The Morgan fingerprint density at radius 2 is 2.21 bits per heavy atom. The molecule has 0 radical (unpaired) electrons. The number of halogens is 1. The quantitative estimate of drug-likeness (QED) is 0.872. The fourth-order valence-electron chi connectivity index (χ4n) is 2.64. The molecule has 1 fully saturated rings. The van der Waals surface area contributed by atoms with Crippen LogP contribution in [0.2, 0.25) is 0 Å². The van der Waals surface area contributed by atoms with E-state index in [-0.39, 0.29) is 5.54 Å². The summed E-state index contributed by atoms with van der Waals surface area (Å²) in [5.74, 6) is 2.16. The third-order valence-electron chi connectivity index (χ3n) is 3.99. The fraction of sp³-hybridized carbons (Fsp3) is 0.667. The summed E-state index contributed by atoms with van der Waals surface area (Å²) in [7, 11) is 0. The Balaban J connectivity index is 1.88. The molecule has 2 aromatic rings. The van der Waals surface area contributed by atoms with Crippen LogP contribution in [-0.2, 0) is 0 Å². The Morgan fingerprint density at radius 3 is 2.95 bits per heavy atom. The third-order valence-corrected chi connectivity index (χ3v) is 4.50. The van der Waals surface area contributed by atoms with E-state index in [1.54, 1.807) is 16.9 Å². The van der Waals surface area contributed by atoms with Crippen LogP contribution in [0, 0.1) is 5.92 Å². The molecule has 0 saturated heterocycles. The molecular weight excluding hydrogens is 264 g/mol. The van der Waals surface area contributed by atoms with Gasteiger partial charge < -0.3 is 5.32 Å². The summed E-state index contributed by atoms with van der Waals surface area (Å²) >= 11 is 6.22. The van der Waals surface area contributed by atoms with Crippen LogP contribution in [0.25, 0.3) is 5.65 Å². The van der Waals surface area contributed by atoms with Crippen LogP contribution in [-0.4, -0.2) is 36.4 Å². The van der Waals surface area contributed by atoms with Crippen LogP contribution >= 0.6 is 11.6 Å². The average molecular weight is 281 g/mol. The van der Waals surface area contributed by atoms with Gasteiger partial charge in [0.2, 0.25) is 0 Å². The Hall–Kier alpha value is -1.43. The van der Waals surface area contributed by atoms with E-state index in [1.165, 1.54) is 12.8 Å². The highest BCUT2D eigenvalue weighted by Gasteiger charge is 2.34. The van der Waals surface area contributed by atoms with Gasteiger partial charge in [0.25, 0.3) is 0 Å². The van der Waals surface area contributed by atoms with Crippen LogP contribution in [0.5, 0.6) is 0 Å². The van der Waals surface area contributed by atoms with E-state index >= 15 is 0 Å². The first-order chi connectivity index (χ1) is 9.22. The summed E-state index contributed by atoms with van der Waals surface area (Å²) < 4.78 is 1.67. The minimum atomic E-state index is -0.0734. The van der Waals surface area contributed by atoms with Crippen molar-refractivity contribution >= 4 is 23.1 Å². The molecule has 0 spiro atoms. The van der Waals surface area contributed by atoms with Gasteiger partial charge in [-0.2, -0.15) is 4.52 Å². The molecule has 2 aromatic heterocycles. The zero-order chi connectivity index (χ0) is 13.3. The first-order valence-corrected chi connectivity index (χ1v) is 7.12. The van der Waals surface area contributed by atoms with E-state index < -0.39 is 0 Å². The van der Waals surface area contributed by atoms with Crippen molar-refractivity contribution in [3.63, 3.8) is 0 Å². The standard InChI is InChI=1S/C12H17ClN6/c1-9-2-4-12(8-13,5-3-9)15-10-6-14-7-11-16-17-18-19(10)11/h6-7,9,15H,2-5,8H2,1H3. The SMILES string of the molecule is CC1CCC(CCl)(Nc2cncc3nnnn23)CC1. The summed E-state index contributed by atoms with van der Waals surface area (Å²) in [5, 5.41) is 15.1. The van der Waals surface area contributed by atoms with Crippen LogP contribution in [0.1, 0.15) is 32.6 Å². The monoisotopic (exact) mass is 280 g/mol. The number of alkyl halides is 1. The van der Waals surface area contributed by atoms with E-state index in [9.17, 15) is 0 Å². The minimum Gasteiger partial charge on any atom is -0.362 e. The van der Waals surface area contributed by atoms with Gasteiger partial charge in [0.1, 0.15) is 0 Å². The average Bonchev–Trinajstić information content (AvgIpc) is 2.91. The van der Waals surface area contributed by atoms with Crippen molar-refractivity contribution < 1.29 is 0 Å². The molecule has 3 rings (SSSR count). The largest absolute Gasteiger partial charge is 0.362 e. The number of nitrogens with zero attached hydrogens (tertiary/aromatic N) is 5. The molecule has 0 bridgehead atoms. The van der Waals surface area contributed by atoms with Gasteiger partial charge in [0.15, 0.2) is 11.5 Å². The topological polar surface area (TPSA) is 68.0 Å². The summed E-state index contributed by atoms with van der Waals surface area (Å²) in [5.41, 5.74) is 0.564. The van der Waals surface area contributed by atoms with E-state index in [1.807, 2.05) is 0 Å². The van der Waals surface area contributed by atoms with E-state index in [0.29, 0.717) is 11.5 Å². The zero-order valence-corrected chi connectivity index (χ0v) is 11.6. The summed E-state index contributed by atoms with van der Waals surface area (Å²) in [6.07, 6.45) is 7.90. The van der Waals surface area contributed by atoms with E-state index in [2.05, 4.69) is 32.7 Å².